The second-order valence-corrected chi connectivity index (χ2v) is 5.75. The van der Waals surface area contributed by atoms with Crippen molar-refractivity contribution in [2.45, 2.75) is 6.42 Å². The number of carbonyl (C=O) groups is 1. The zero-order valence-corrected chi connectivity index (χ0v) is 13.6. The van der Waals surface area contributed by atoms with Crippen molar-refractivity contribution >= 4 is 21.7 Å². The number of pyridine rings is 1. The number of Topliss-reactive ketones (excluding diaryl/α,β-unsaturated/α-hetero) is 1. The van der Waals surface area contributed by atoms with E-state index in [1.807, 2.05) is 0 Å². The highest BCUT2D eigenvalue weighted by atomic mass is 79.9. The zero-order valence-electron chi connectivity index (χ0n) is 12.0. The first-order chi connectivity index (χ1) is 11.5. The summed E-state index contributed by atoms with van der Waals surface area (Å²) in [6.07, 6.45) is 1.30. The van der Waals surface area contributed by atoms with E-state index < -0.39 is 23.4 Å². The van der Waals surface area contributed by atoms with Crippen LogP contribution < -0.4 is 0 Å². The minimum Gasteiger partial charge on any atom is -0.294 e. The highest BCUT2D eigenvalue weighted by Gasteiger charge is 2.16. The second kappa shape index (κ2) is 6.56. The molecule has 0 fully saturated rings. The Bertz CT molecular complexity index is 927. The average Bonchev–Trinajstić information content (AvgIpc) is 2.99. The van der Waals surface area contributed by atoms with E-state index in [0.717, 1.165) is 4.68 Å². The van der Waals surface area contributed by atoms with Gasteiger partial charge in [-0.05, 0) is 12.1 Å². The lowest BCUT2D eigenvalue weighted by molar-refractivity contribution is 0.0991. The van der Waals surface area contributed by atoms with Crippen LogP contribution in [0.4, 0.5) is 13.2 Å². The van der Waals surface area contributed by atoms with Crippen LogP contribution in [0, 0.1) is 17.6 Å². The first kappa shape index (κ1) is 16.4. The van der Waals surface area contributed by atoms with Crippen molar-refractivity contribution in [2.24, 2.45) is 0 Å². The summed E-state index contributed by atoms with van der Waals surface area (Å²) >= 11 is 3.29. The molecule has 8 heteroatoms. The van der Waals surface area contributed by atoms with E-state index in [4.69, 9.17) is 0 Å². The summed E-state index contributed by atoms with van der Waals surface area (Å²) in [7, 11) is 0. The Hall–Kier alpha value is -2.48. The Balaban J connectivity index is 1.85. The molecular formula is C16H9BrF3N3O. The van der Waals surface area contributed by atoms with Crippen LogP contribution in [0.25, 0.3) is 5.82 Å². The van der Waals surface area contributed by atoms with Gasteiger partial charge in [0.05, 0.1) is 12.1 Å². The molecule has 1 aromatic carbocycles. The molecule has 0 saturated heterocycles. The SMILES string of the molecule is O=C(Cc1ccn(-c2nc(F)c(F)cc2F)n1)c1ccccc1Br. The quantitative estimate of drug-likeness (QED) is 0.497. The van der Waals surface area contributed by atoms with Gasteiger partial charge in [0, 0.05) is 22.3 Å². The van der Waals surface area contributed by atoms with Gasteiger partial charge in [-0.3, -0.25) is 4.79 Å². The maximum atomic E-state index is 13.7. The largest absolute Gasteiger partial charge is 0.294 e. The zero-order chi connectivity index (χ0) is 17.3. The summed E-state index contributed by atoms with van der Waals surface area (Å²) in [6.45, 7) is 0. The fourth-order valence-corrected chi connectivity index (χ4v) is 2.62. The van der Waals surface area contributed by atoms with Crippen molar-refractivity contribution in [1.29, 1.82) is 0 Å². The fourth-order valence-electron chi connectivity index (χ4n) is 2.12. The minimum absolute atomic E-state index is 0.0269. The van der Waals surface area contributed by atoms with Crippen LogP contribution in [0.15, 0.2) is 47.1 Å². The Morgan fingerprint density at radius 2 is 1.88 bits per heavy atom. The van der Waals surface area contributed by atoms with Gasteiger partial charge >= 0.3 is 0 Å². The van der Waals surface area contributed by atoms with E-state index in [1.165, 1.54) is 12.3 Å². The van der Waals surface area contributed by atoms with E-state index in [0.29, 0.717) is 21.8 Å². The van der Waals surface area contributed by atoms with Gasteiger partial charge in [-0.15, -0.1) is 0 Å². The van der Waals surface area contributed by atoms with Crippen LogP contribution in [0.3, 0.4) is 0 Å². The Labute approximate surface area is 143 Å². The van der Waals surface area contributed by atoms with Gasteiger partial charge in [0.15, 0.2) is 23.2 Å². The second-order valence-electron chi connectivity index (χ2n) is 4.90. The summed E-state index contributed by atoms with van der Waals surface area (Å²) in [5, 5.41) is 4.00. The third kappa shape index (κ3) is 3.23. The number of rotatable bonds is 4. The highest BCUT2D eigenvalue weighted by molar-refractivity contribution is 9.10. The molecule has 0 aliphatic heterocycles. The molecule has 0 unspecified atom stereocenters. The number of ketones is 1. The molecule has 0 spiro atoms. The number of halogens is 4. The molecule has 0 aliphatic carbocycles. The molecule has 0 bridgehead atoms. The van der Waals surface area contributed by atoms with E-state index in [1.54, 1.807) is 24.3 Å². The molecule has 3 aromatic rings. The standard InChI is InChI=1S/C16H9BrF3N3O/c17-11-4-2-1-3-10(11)14(24)7-9-5-6-23(22-9)16-13(19)8-12(18)15(20)21-16/h1-6,8H,7H2. The van der Waals surface area contributed by atoms with Gasteiger partial charge in [-0.25, -0.2) is 13.5 Å². The van der Waals surface area contributed by atoms with E-state index in [2.05, 4.69) is 26.0 Å². The molecule has 2 heterocycles. The fraction of sp³-hybridized carbons (Fsp3) is 0.0625. The lowest BCUT2D eigenvalue weighted by Crippen LogP contribution is -2.08. The molecule has 4 nitrogen and oxygen atoms in total. The smallest absolute Gasteiger partial charge is 0.251 e. The third-order valence-electron chi connectivity index (χ3n) is 3.25. The van der Waals surface area contributed by atoms with Crippen molar-refractivity contribution in [2.75, 3.05) is 0 Å². The number of hydrogen-bond donors (Lipinski definition) is 0. The van der Waals surface area contributed by atoms with Crippen LogP contribution in [-0.2, 0) is 6.42 Å². The van der Waals surface area contributed by atoms with Crippen molar-refractivity contribution in [3.63, 3.8) is 0 Å². The van der Waals surface area contributed by atoms with E-state index in [-0.39, 0.29) is 12.2 Å². The van der Waals surface area contributed by atoms with Crippen LogP contribution in [0.2, 0.25) is 0 Å². The lowest BCUT2D eigenvalue weighted by Gasteiger charge is -2.03. The molecule has 0 atom stereocenters. The number of benzene rings is 1. The molecule has 24 heavy (non-hydrogen) atoms. The summed E-state index contributed by atoms with van der Waals surface area (Å²) in [6, 6.07) is 8.80. The van der Waals surface area contributed by atoms with Gasteiger partial charge in [-0.2, -0.15) is 14.5 Å². The van der Waals surface area contributed by atoms with Crippen LogP contribution >= 0.6 is 15.9 Å². The van der Waals surface area contributed by atoms with Gasteiger partial charge in [0.2, 0.25) is 0 Å². The van der Waals surface area contributed by atoms with Crippen molar-refractivity contribution in [3.05, 3.63) is 75.9 Å². The van der Waals surface area contributed by atoms with Gasteiger partial charge in [0.25, 0.3) is 5.95 Å². The molecule has 0 amide bonds. The maximum absolute atomic E-state index is 13.7. The molecule has 0 radical (unpaired) electrons. The number of carbonyl (C=O) groups excluding carboxylic acids is 1. The molecule has 2 aromatic heterocycles. The molecule has 0 N–H and O–H groups in total. The first-order valence-electron chi connectivity index (χ1n) is 6.80. The van der Waals surface area contributed by atoms with Gasteiger partial charge in [0.1, 0.15) is 0 Å². The van der Waals surface area contributed by atoms with Crippen molar-refractivity contribution < 1.29 is 18.0 Å². The van der Waals surface area contributed by atoms with E-state index in [9.17, 15) is 18.0 Å². The monoisotopic (exact) mass is 395 g/mol. The van der Waals surface area contributed by atoms with Crippen molar-refractivity contribution in [3.8, 4) is 5.82 Å². The van der Waals surface area contributed by atoms with Crippen LogP contribution in [-0.4, -0.2) is 20.5 Å². The topological polar surface area (TPSA) is 47.8 Å². The summed E-state index contributed by atoms with van der Waals surface area (Å²) in [5.41, 5.74) is 0.839. The van der Waals surface area contributed by atoms with Gasteiger partial charge < -0.3 is 0 Å². The predicted molar refractivity (Wildman–Crippen MR) is 83.4 cm³/mol. The van der Waals surface area contributed by atoms with Gasteiger partial charge in [-0.1, -0.05) is 34.1 Å². The van der Waals surface area contributed by atoms with Crippen LogP contribution in [0.5, 0.6) is 0 Å². The number of aromatic nitrogens is 3. The third-order valence-corrected chi connectivity index (χ3v) is 3.94. The Morgan fingerprint density at radius 1 is 1.12 bits per heavy atom. The average molecular weight is 396 g/mol. The summed E-state index contributed by atoms with van der Waals surface area (Å²) in [5.74, 6) is -4.53. The van der Waals surface area contributed by atoms with Crippen LogP contribution in [0.1, 0.15) is 16.1 Å². The Kier molecular flexibility index (Phi) is 4.48. The summed E-state index contributed by atoms with van der Waals surface area (Å²) in [4.78, 5) is 15.5. The normalized spacial score (nSPS) is 10.8. The van der Waals surface area contributed by atoms with E-state index >= 15 is 0 Å². The molecule has 0 aliphatic rings. The summed E-state index contributed by atoms with van der Waals surface area (Å²) < 4.78 is 41.4. The molecule has 3 rings (SSSR count). The molecule has 122 valence electrons. The number of nitrogens with zero attached hydrogens (tertiary/aromatic N) is 3. The molecular weight excluding hydrogens is 387 g/mol. The maximum Gasteiger partial charge on any atom is 0.251 e. The number of hydrogen-bond acceptors (Lipinski definition) is 3. The van der Waals surface area contributed by atoms with Crippen molar-refractivity contribution in [1.82, 2.24) is 14.8 Å². The highest BCUT2D eigenvalue weighted by Crippen LogP contribution is 2.19. The minimum atomic E-state index is -1.42. The lowest BCUT2D eigenvalue weighted by atomic mass is 10.1. The molecule has 0 saturated carbocycles. The predicted octanol–water partition coefficient (Wildman–Crippen LogP) is 3.87. The Morgan fingerprint density at radius 3 is 2.62 bits per heavy atom. The first-order valence-corrected chi connectivity index (χ1v) is 7.59.